The fraction of sp³-hybridized carbons (Fsp3) is 0.667. The highest BCUT2D eigenvalue weighted by Crippen LogP contribution is 2.22. The summed E-state index contributed by atoms with van der Waals surface area (Å²) >= 11 is 0. The summed E-state index contributed by atoms with van der Waals surface area (Å²) in [4.78, 5) is 4.13. The van der Waals surface area contributed by atoms with Crippen LogP contribution in [0.5, 0.6) is 0 Å². The molecule has 0 atom stereocenters. The Bertz CT molecular complexity index is 247. The van der Waals surface area contributed by atoms with E-state index in [4.69, 9.17) is 10.2 Å². The fourth-order valence-electron chi connectivity index (χ4n) is 0.896. The first-order valence-electron chi connectivity index (χ1n) is 4.19. The minimum absolute atomic E-state index is 0.0415. The molecule has 12 heavy (non-hydrogen) atoms. The molecule has 0 unspecified atom stereocenters. The zero-order chi connectivity index (χ0) is 9.19. The molecule has 2 N–H and O–H groups in total. The highest BCUT2D eigenvalue weighted by Gasteiger charge is 2.18. The van der Waals surface area contributed by atoms with Gasteiger partial charge < -0.3 is 10.2 Å². The van der Waals surface area contributed by atoms with Crippen LogP contribution in [0.4, 0.5) is 0 Å². The van der Waals surface area contributed by atoms with Gasteiger partial charge in [0, 0.05) is 18.4 Å². The average molecular weight is 168 g/mol. The molecule has 0 aliphatic rings. The lowest BCUT2D eigenvalue weighted by atomic mass is 9.94. The van der Waals surface area contributed by atoms with E-state index in [1.807, 2.05) is 0 Å². The Kier molecular flexibility index (Phi) is 2.52. The van der Waals surface area contributed by atoms with Crippen molar-refractivity contribution in [2.45, 2.75) is 32.6 Å². The Morgan fingerprint density at radius 3 is 2.58 bits per heavy atom. The minimum Gasteiger partial charge on any atom is -0.445 e. The second-order valence-electron chi connectivity index (χ2n) is 3.91. The lowest BCUT2D eigenvalue weighted by Crippen LogP contribution is -2.09. The van der Waals surface area contributed by atoms with Crippen LogP contribution >= 0.6 is 0 Å². The first-order valence-corrected chi connectivity index (χ1v) is 4.19. The van der Waals surface area contributed by atoms with Crippen molar-refractivity contribution < 1.29 is 4.42 Å². The molecule has 0 saturated heterocycles. The monoisotopic (exact) mass is 168 g/mol. The van der Waals surface area contributed by atoms with E-state index in [0.29, 0.717) is 6.54 Å². The first kappa shape index (κ1) is 9.26. The van der Waals surface area contributed by atoms with Crippen LogP contribution < -0.4 is 5.73 Å². The second-order valence-corrected chi connectivity index (χ2v) is 3.91. The standard InChI is InChI=1S/C9H16N2O/c1-9(2,3)7-6-11-8(12-7)4-5-10/h6H,4-5,10H2,1-3H3. The molecule has 0 fully saturated rings. The van der Waals surface area contributed by atoms with E-state index in [0.717, 1.165) is 18.1 Å². The number of hydrogen-bond acceptors (Lipinski definition) is 3. The maximum Gasteiger partial charge on any atom is 0.195 e. The van der Waals surface area contributed by atoms with Crippen LogP contribution in [0.3, 0.4) is 0 Å². The summed E-state index contributed by atoms with van der Waals surface area (Å²) in [6.07, 6.45) is 2.50. The van der Waals surface area contributed by atoms with E-state index in [-0.39, 0.29) is 5.41 Å². The third-order valence-corrected chi connectivity index (χ3v) is 1.65. The van der Waals surface area contributed by atoms with Crippen LogP contribution in [-0.4, -0.2) is 11.5 Å². The number of hydrogen-bond donors (Lipinski definition) is 1. The molecule has 1 rings (SSSR count). The summed E-state index contributed by atoms with van der Waals surface area (Å²) in [5.41, 5.74) is 5.42. The molecule has 0 aliphatic carbocycles. The van der Waals surface area contributed by atoms with Crippen molar-refractivity contribution in [3.8, 4) is 0 Å². The lowest BCUT2D eigenvalue weighted by Gasteiger charge is -2.12. The number of oxazole rings is 1. The van der Waals surface area contributed by atoms with Gasteiger partial charge in [0.15, 0.2) is 5.89 Å². The SMILES string of the molecule is CC(C)(C)c1cnc(CCN)o1. The average Bonchev–Trinajstić information content (AvgIpc) is 2.35. The summed E-state index contributed by atoms with van der Waals surface area (Å²) < 4.78 is 5.50. The molecule has 0 amide bonds. The van der Waals surface area contributed by atoms with Gasteiger partial charge in [-0.05, 0) is 0 Å². The lowest BCUT2D eigenvalue weighted by molar-refractivity contribution is 0.383. The molecule has 0 saturated carbocycles. The van der Waals surface area contributed by atoms with Gasteiger partial charge >= 0.3 is 0 Å². The Balaban J connectivity index is 2.77. The van der Waals surface area contributed by atoms with E-state index in [1.54, 1.807) is 6.20 Å². The van der Waals surface area contributed by atoms with E-state index >= 15 is 0 Å². The van der Waals surface area contributed by atoms with Gasteiger partial charge in [-0.1, -0.05) is 20.8 Å². The normalized spacial score (nSPS) is 12.0. The molecule has 68 valence electrons. The van der Waals surface area contributed by atoms with E-state index in [2.05, 4.69) is 25.8 Å². The van der Waals surface area contributed by atoms with Crippen LogP contribution in [0.15, 0.2) is 10.6 Å². The molecular formula is C9H16N2O. The van der Waals surface area contributed by atoms with Gasteiger partial charge in [-0.15, -0.1) is 0 Å². The topological polar surface area (TPSA) is 52.0 Å². The number of nitrogens with two attached hydrogens (primary N) is 1. The smallest absolute Gasteiger partial charge is 0.195 e. The predicted molar refractivity (Wildman–Crippen MR) is 48.0 cm³/mol. The minimum atomic E-state index is 0.0415. The van der Waals surface area contributed by atoms with E-state index in [1.165, 1.54) is 0 Å². The number of nitrogens with zero attached hydrogens (tertiary/aromatic N) is 1. The van der Waals surface area contributed by atoms with Gasteiger partial charge in [-0.25, -0.2) is 4.98 Å². The molecule has 1 aromatic heterocycles. The summed E-state index contributed by atoms with van der Waals surface area (Å²) in [6.45, 7) is 6.88. The zero-order valence-corrected chi connectivity index (χ0v) is 7.92. The molecule has 0 aliphatic heterocycles. The Labute approximate surface area is 73.0 Å². The Morgan fingerprint density at radius 1 is 1.50 bits per heavy atom. The van der Waals surface area contributed by atoms with Crippen LogP contribution in [0.1, 0.15) is 32.4 Å². The second kappa shape index (κ2) is 3.27. The van der Waals surface area contributed by atoms with Crippen LogP contribution in [0.25, 0.3) is 0 Å². The van der Waals surface area contributed by atoms with Gasteiger partial charge in [0.05, 0.1) is 6.20 Å². The van der Waals surface area contributed by atoms with Crippen molar-refractivity contribution in [1.29, 1.82) is 0 Å². The third kappa shape index (κ3) is 2.08. The van der Waals surface area contributed by atoms with Crippen molar-refractivity contribution in [3.05, 3.63) is 17.8 Å². The van der Waals surface area contributed by atoms with E-state index < -0.39 is 0 Å². The van der Waals surface area contributed by atoms with Gasteiger partial charge in [0.1, 0.15) is 5.76 Å². The van der Waals surface area contributed by atoms with Crippen LogP contribution in [0, 0.1) is 0 Å². The van der Waals surface area contributed by atoms with Crippen LogP contribution in [0.2, 0.25) is 0 Å². The highest BCUT2D eigenvalue weighted by molar-refractivity contribution is 5.05. The van der Waals surface area contributed by atoms with Gasteiger partial charge in [0.2, 0.25) is 0 Å². The third-order valence-electron chi connectivity index (χ3n) is 1.65. The maximum absolute atomic E-state index is 5.50. The predicted octanol–water partition coefficient (Wildman–Crippen LogP) is 1.47. The number of rotatable bonds is 2. The fourth-order valence-corrected chi connectivity index (χ4v) is 0.896. The summed E-state index contributed by atoms with van der Waals surface area (Å²) in [5, 5.41) is 0. The largest absolute Gasteiger partial charge is 0.445 e. The van der Waals surface area contributed by atoms with Crippen molar-refractivity contribution in [3.63, 3.8) is 0 Å². The van der Waals surface area contributed by atoms with Gasteiger partial charge in [-0.2, -0.15) is 0 Å². The van der Waals surface area contributed by atoms with Crippen molar-refractivity contribution in [2.24, 2.45) is 5.73 Å². The maximum atomic E-state index is 5.50. The van der Waals surface area contributed by atoms with Gasteiger partial charge in [-0.3, -0.25) is 0 Å². The molecular weight excluding hydrogens is 152 g/mol. The molecule has 0 bridgehead atoms. The van der Waals surface area contributed by atoms with Crippen molar-refractivity contribution >= 4 is 0 Å². The Hall–Kier alpha value is -0.830. The molecule has 3 heteroatoms. The zero-order valence-electron chi connectivity index (χ0n) is 7.92. The molecule has 0 radical (unpaired) electrons. The molecule has 0 aromatic carbocycles. The summed E-state index contributed by atoms with van der Waals surface area (Å²) in [7, 11) is 0. The molecule has 3 nitrogen and oxygen atoms in total. The van der Waals surface area contributed by atoms with E-state index in [9.17, 15) is 0 Å². The quantitative estimate of drug-likeness (QED) is 0.727. The molecule has 1 aromatic rings. The number of aromatic nitrogens is 1. The molecule has 0 spiro atoms. The first-order chi connectivity index (χ1) is 5.54. The van der Waals surface area contributed by atoms with Crippen molar-refractivity contribution in [1.82, 2.24) is 4.98 Å². The Morgan fingerprint density at radius 2 is 2.17 bits per heavy atom. The highest BCUT2D eigenvalue weighted by atomic mass is 16.4. The summed E-state index contributed by atoms with van der Waals surface area (Å²) in [6, 6.07) is 0. The van der Waals surface area contributed by atoms with Gasteiger partial charge in [0.25, 0.3) is 0 Å². The van der Waals surface area contributed by atoms with Crippen molar-refractivity contribution in [2.75, 3.05) is 6.54 Å². The summed E-state index contributed by atoms with van der Waals surface area (Å²) in [5.74, 6) is 1.66. The molecule has 1 heterocycles. The van der Waals surface area contributed by atoms with Crippen LogP contribution in [-0.2, 0) is 11.8 Å².